The zero-order valence-electron chi connectivity index (χ0n) is 17.9. The Balaban J connectivity index is 1.20. The lowest BCUT2D eigenvalue weighted by atomic mass is 9.78. The van der Waals surface area contributed by atoms with Crippen LogP contribution in [0.2, 0.25) is 0 Å². The zero-order valence-corrected chi connectivity index (χ0v) is 17.9. The van der Waals surface area contributed by atoms with Crippen LogP contribution >= 0.6 is 0 Å². The van der Waals surface area contributed by atoms with Crippen LogP contribution in [0, 0.1) is 11.7 Å². The second-order valence-corrected chi connectivity index (χ2v) is 8.64. The first kappa shape index (κ1) is 20.4. The second-order valence-electron chi connectivity index (χ2n) is 8.64. The normalized spacial score (nSPS) is 18.5. The Kier molecular flexibility index (Phi) is 5.71. The van der Waals surface area contributed by atoms with Gasteiger partial charge in [0, 0.05) is 36.1 Å². The van der Waals surface area contributed by atoms with E-state index in [0.29, 0.717) is 23.9 Å². The lowest BCUT2D eigenvalue weighted by Gasteiger charge is -2.29. The number of carbonyl (C=O) groups excluding carboxylic acids is 1. The highest BCUT2D eigenvalue weighted by atomic mass is 19.1. The summed E-state index contributed by atoms with van der Waals surface area (Å²) < 4.78 is 13.8. The van der Waals surface area contributed by atoms with Gasteiger partial charge in [-0.25, -0.2) is 4.39 Å². The average molecular weight is 428 g/mol. The van der Waals surface area contributed by atoms with Gasteiger partial charge >= 0.3 is 0 Å². The van der Waals surface area contributed by atoms with Gasteiger partial charge in [0.15, 0.2) is 0 Å². The molecule has 1 fully saturated rings. The second kappa shape index (κ2) is 8.95. The van der Waals surface area contributed by atoms with Gasteiger partial charge < -0.3 is 10.3 Å². The Labute approximate surface area is 186 Å². The number of halogens is 1. The van der Waals surface area contributed by atoms with Crippen LogP contribution in [-0.2, 0) is 0 Å². The Morgan fingerprint density at radius 2 is 1.84 bits per heavy atom. The van der Waals surface area contributed by atoms with Crippen LogP contribution in [0.4, 0.5) is 4.39 Å². The molecule has 0 atom stereocenters. The summed E-state index contributed by atoms with van der Waals surface area (Å²) >= 11 is 0. The molecular formula is C27H26FN3O. The fourth-order valence-electron chi connectivity index (χ4n) is 4.91. The van der Waals surface area contributed by atoms with Gasteiger partial charge in [-0.3, -0.25) is 9.78 Å². The van der Waals surface area contributed by atoms with E-state index in [2.05, 4.69) is 15.3 Å². The van der Waals surface area contributed by atoms with Crippen LogP contribution in [0.5, 0.6) is 0 Å². The first-order valence-corrected chi connectivity index (χ1v) is 11.2. The summed E-state index contributed by atoms with van der Waals surface area (Å²) in [6, 6.07) is 16.8. The van der Waals surface area contributed by atoms with E-state index in [1.54, 1.807) is 18.3 Å². The van der Waals surface area contributed by atoms with Crippen molar-refractivity contribution in [2.75, 3.05) is 6.54 Å². The minimum absolute atomic E-state index is 0.0390. The quantitative estimate of drug-likeness (QED) is 0.406. The number of aromatic amines is 1. The molecule has 1 aliphatic carbocycles. The molecule has 0 spiro atoms. The molecular weight excluding hydrogens is 401 g/mol. The van der Waals surface area contributed by atoms with E-state index in [0.717, 1.165) is 47.7 Å². The van der Waals surface area contributed by atoms with Crippen LogP contribution in [0.3, 0.4) is 0 Å². The maximum atomic E-state index is 13.8. The predicted molar refractivity (Wildman–Crippen MR) is 125 cm³/mol. The van der Waals surface area contributed by atoms with Gasteiger partial charge in [0.05, 0.1) is 11.1 Å². The first-order chi connectivity index (χ1) is 15.7. The number of H-pyrrole nitrogens is 1. The fourth-order valence-corrected chi connectivity index (χ4v) is 4.91. The number of hydrogen-bond acceptors (Lipinski definition) is 2. The average Bonchev–Trinajstić information content (AvgIpc) is 3.33. The highest BCUT2D eigenvalue weighted by Gasteiger charge is 2.25. The van der Waals surface area contributed by atoms with Crippen LogP contribution in [0.15, 0.2) is 73.2 Å². The van der Waals surface area contributed by atoms with Gasteiger partial charge in [0.1, 0.15) is 5.82 Å². The Morgan fingerprint density at radius 3 is 2.66 bits per heavy atom. The van der Waals surface area contributed by atoms with Crippen molar-refractivity contribution in [1.29, 1.82) is 0 Å². The van der Waals surface area contributed by atoms with Crippen molar-refractivity contribution in [3.63, 3.8) is 0 Å². The molecule has 5 heteroatoms. The SMILES string of the molecule is O=C(NCC1CCC(c2ccnc3ccc(F)cc23)CC1)c1c[nH]cc1-c1ccccc1. The molecule has 0 aliphatic heterocycles. The number of hydrogen-bond donors (Lipinski definition) is 2. The summed E-state index contributed by atoms with van der Waals surface area (Å²) in [7, 11) is 0. The van der Waals surface area contributed by atoms with Crippen molar-refractivity contribution >= 4 is 16.8 Å². The van der Waals surface area contributed by atoms with Gasteiger partial charge in [-0.05, 0) is 72.9 Å². The zero-order chi connectivity index (χ0) is 21.9. The van der Waals surface area contributed by atoms with Crippen LogP contribution in [-0.4, -0.2) is 22.4 Å². The number of nitrogens with one attached hydrogen (secondary N) is 2. The lowest BCUT2D eigenvalue weighted by molar-refractivity contribution is 0.0943. The van der Waals surface area contributed by atoms with Crippen molar-refractivity contribution in [3.05, 3.63) is 90.1 Å². The predicted octanol–water partition coefficient (Wildman–Crippen LogP) is 6.07. The third-order valence-electron chi connectivity index (χ3n) is 6.65. The Morgan fingerprint density at radius 1 is 1.03 bits per heavy atom. The molecule has 0 radical (unpaired) electrons. The van der Waals surface area contributed by atoms with Gasteiger partial charge in [0.2, 0.25) is 0 Å². The molecule has 2 aromatic heterocycles. The number of nitrogens with zero attached hydrogens (tertiary/aromatic N) is 1. The Bertz CT molecular complexity index is 1230. The smallest absolute Gasteiger partial charge is 0.253 e. The maximum Gasteiger partial charge on any atom is 0.253 e. The summed E-state index contributed by atoms with van der Waals surface area (Å²) in [4.78, 5) is 20.3. The first-order valence-electron chi connectivity index (χ1n) is 11.2. The van der Waals surface area contributed by atoms with Crippen LogP contribution in [0.25, 0.3) is 22.0 Å². The summed E-state index contributed by atoms with van der Waals surface area (Å²) in [5.74, 6) is 0.605. The maximum absolute atomic E-state index is 13.8. The topological polar surface area (TPSA) is 57.8 Å². The number of rotatable bonds is 5. The monoisotopic (exact) mass is 427 g/mol. The molecule has 4 nitrogen and oxygen atoms in total. The molecule has 2 N–H and O–H groups in total. The van der Waals surface area contributed by atoms with E-state index in [1.165, 1.54) is 11.6 Å². The Hall–Kier alpha value is -3.47. The molecule has 4 aromatic rings. The molecule has 2 heterocycles. The number of carbonyl (C=O) groups is 1. The van der Waals surface area contributed by atoms with Gasteiger partial charge in [-0.15, -0.1) is 0 Å². The molecule has 1 saturated carbocycles. The number of aromatic nitrogens is 2. The van der Waals surface area contributed by atoms with Crippen molar-refractivity contribution in [3.8, 4) is 11.1 Å². The molecule has 0 bridgehead atoms. The van der Waals surface area contributed by atoms with E-state index >= 15 is 0 Å². The van der Waals surface area contributed by atoms with Gasteiger partial charge in [-0.1, -0.05) is 30.3 Å². The highest BCUT2D eigenvalue weighted by molar-refractivity contribution is 6.00. The fraction of sp³-hybridized carbons (Fsp3) is 0.259. The molecule has 32 heavy (non-hydrogen) atoms. The van der Waals surface area contributed by atoms with Crippen LogP contribution in [0.1, 0.15) is 47.5 Å². The third kappa shape index (κ3) is 4.15. The van der Waals surface area contributed by atoms with E-state index in [9.17, 15) is 9.18 Å². The molecule has 0 unspecified atom stereocenters. The number of pyridine rings is 1. The van der Waals surface area contributed by atoms with E-state index in [-0.39, 0.29) is 11.7 Å². The van der Waals surface area contributed by atoms with E-state index < -0.39 is 0 Å². The summed E-state index contributed by atoms with van der Waals surface area (Å²) in [6.45, 7) is 0.677. The summed E-state index contributed by atoms with van der Waals surface area (Å²) in [6.07, 6.45) is 9.62. The highest BCUT2D eigenvalue weighted by Crippen LogP contribution is 2.38. The number of amides is 1. The number of fused-ring (bicyclic) bond motifs is 1. The molecule has 162 valence electrons. The van der Waals surface area contributed by atoms with Crippen molar-refractivity contribution in [2.45, 2.75) is 31.6 Å². The summed E-state index contributed by atoms with van der Waals surface area (Å²) in [5, 5.41) is 4.06. The molecule has 1 amide bonds. The van der Waals surface area contributed by atoms with Crippen molar-refractivity contribution in [2.24, 2.45) is 5.92 Å². The molecule has 0 saturated heterocycles. The van der Waals surface area contributed by atoms with Crippen LogP contribution < -0.4 is 5.32 Å². The minimum atomic E-state index is -0.220. The van der Waals surface area contributed by atoms with Crippen molar-refractivity contribution < 1.29 is 9.18 Å². The van der Waals surface area contributed by atoms with Gasteiger partial charge in [0.25, 0.3) is 5.91 Å². The van der Waals surface area contributed by atoms with Crippen molar-refractivity contribution in [1.82, 2.24) is 15.3 Å². The molecule has 5 rings (SSSR count). The largest absolute Gasteiger partial charge is 0.366 e. The van der Waals surface area contributed by atoms with Gasteiger partial charge in [-0.2, -0.15) is 0 Å². The minimum Gasteiger partial charge on any atom is -0.366 e. The summed E-state index contributed by atoms with van der Waals surface area (Å²) in [5.41, 5.74) is 4.66. The lowest BCUT2D eigenvalue weighted by Crippen LogP contribution is -2.31. The molecule has 1 aliphatic rings. The van der Waals surface area contributed by atoms with E-state index in [1.807, 2.05) is 48.8 Å². The standard InChI is InChI=1S/C27H26FN3O/c28-21-10-11-26-23(14-21)22(12-13-30-26)20-8-6-18(7-9-20)15-31-27(32)25-17-29-16-24(25)19-4-2-1-3-5-19/h1-5,10-14,16-18,20,29H,6-9,15H2,(H,31,32). The third-order valence-corrected chi connectivity index (χ3v) is 6.65. The molecule has 2 aromatic carbocycles. The number of benzene rings is 2. The van der Waals surface area contributed by atoms with E-state index in [4.69, 9.17) is 0 Å².